The summed E-state index contributed by atoms with van der Waals surface area (Å²) in [7, 11) is 1.77. The van der Waals surface area contributed by atoms with E-state index in [4.69, 9.17) is 0 Å². The molecule has 0 N–H and O–H groups in total. The Morgan fingerprint density at radius 1 is 1.07 bits per heavy atom. The first kappa shape index (κ1) is 20.1. The Kier molecular flexibility index (Phi) is 6.85. The number of aryl methyl sites for hydroxylation is 1. The average molecular weight is 383 g/mol. The van der Waals surface area contributed by atoms with Crippen LogP contribution in [0, 0.1) is 0 Å². The second-order valence-corrected chi connectivity index (χ2v) is 7.51. The van der Waals surface area contributed by atoms with Crippen LogP contribution in [0.3, 0.4) is 0 Å². The summed E-state index contributed by atoms with van der Waals surface area (Å²) >= 11 is 0. The number of amides is 1. The van der Waals surface area contributed by atoms with Crippen molar-refractivity contribution >= 4 is 11.6 Å². The third kappa shape index (κ3) is 5.00. The molecule has 0 saturated carbocycles. The lowest BCUT2D eigenvalue weighted by atomic mass is 10.1. The van der Waals surface area contributed by atoms with Gasteiger partial charge in [0.2, 0.25) is 0 Å². The Morgan fingerprint density at radius 3 is 2.46 bits per heavy atom. The van der Waals surface area contributed by atoms with Gasteiger partial charge in [-0.15, -0.1) is 0 Å². The fourth-order valence-electron chi connectivity index (χ4n) is 3.54. The number of piperidine rings is 1. The summed E-state index contributed by atoms with van der Waals surface area (Å²) in [4.78, 5) is 28.7. The summed E-state index contributed by atoms with van der Waals surface area (Å²) in [5, 5.41) is 4.25. The molecule has 0 radical (unpaired) electrons. The molecule has 0 bridgehead atoms. The molecule has 0 atom stereocenters. The minimum absolute atomic E-state index is 0.166. The predicted octanol–water partition coefficient (Wildman–Crippen LogP) is 3.31. The van der Waals surface area contributed by atoms with E-state index >= 15 is 0 Å². The fourth-order valence-corrected chi connectivity index (χ4v) is 3.54. The Balaban J connectivity index is 1.64. The lowest BCUT2D eigenvalue weighted by Crippen LogP contribution is -2.31. The Bertz CT molecular complexity index is 838. The van der Waals surface area contributed by atoms with Gasteiger partial charge >= 0.3 is 0 Å². The van der Waals surface area contributed by atoms with Crippen LogP contribution in [0.15, 0.2) is 41.2 Å². The van der Waals surface area contributed by atoms with Gasteiger partial charge in [-0.05, 0) is 49.4 Å². The lowest BCUT2D eigenvalue weighted by Gasteiger charge is -2.29. The summed E-state index contributed by atoms with van der Waals surface area (Å²) < 4.78 is 1.39. The molecular weight excluding hydrogens is 352 g/mol. The van der Waals surface area contributed by atoms with Gasteiger partial charge in [0.05, 0.1) is 0 Å². The molecule has 150 valence electrons. The molecule has 1 aromatic carbocycles. The van der Waals surface area contributed by atoms with Gasteiger partial charge < -0.3 is 9.80 Å². The minimum atomic E-state index is -0.176. The van der Waals surface area contributed by atoms with E-state index in [0.717, 1.165) is 31.5 Å². The molecule has 2 aromatic rings. The second-order valence-electron chi connectivity index (χ2n) is 7.51. The summed E-state index contributed by atoms with van der Waals surface area (Å²) in [5.41, 5.74) is 2.47. The van der Waals surface area contributed by atoms with Crippen LogP contribution in [0.2, 0.25) is 0 Å². The first-order valence-electron chi connectivity index (χ1n) is 10.3. The molecule has 3 rings (SSSR count). The number of rotatable bonds is 7. The number of nitrogens with zero attached hydrogens (tertiary/aromatic N) is 4. The van der Waals surface area contributed by atoms with Gasteiger partial charge in [0.1, 0.15) is 5.69 Å². The fraction of sp³-hybridized carbons (Fsp3) is 0.500. The molecule has 1 amide bonds. The first-order valence-corrected chi connectivity index (χ1v) is 10.3. The second kappa shape index (κ2) is 9.53. The zero-order valence-electron chi connectivity index (χ0n) is 16.9. The van der Waals surface area contributed by atoms with Gasteiger partial charge in [0.25, 0.3) is 11.5 Å². The van der Waals surface area contributed by atoms with Crippen molar-refractivity contribution in [1.29, 1.82) is 0 Å². The van der Waals surface area contributed by atoms with Crippen molar-refractivity contribution in [3.63, 3.8) is 0 Å². The van der Waals surface area contributed by atoms with E-state index in [2.05, 4.69) is 41.2 Å². The van der Waals surface area contributed by atoms with Gasteiger partial charge in [-0.3, -0.25) is 9.59 Å². The standard InChI is InChI=1S/C22H30N4O2/c1-3-4-16-26-21(27)13-12-20(23-26)22(28)24(2)17-18-8-10-19(11-9-18)25-14-6-5-7-15-25/h8-13H,3-7,14-17H2,1-2H3. The van der Waals surface area contributed by atoms with Gasteiger partial charge in [-0.2, -0.15) is 5.10 Å². The zero-order chi connectivity index (χ0) is 19.9. The van der Waals surface area contributed by atoms with Crippen molar-refractivity contribution in [2.24, 2.45) is 0 Å². The SMILES string of the molecule is CCCCn1nc(C(=O)N(C)Cc2ccc(N3CCCCC3)cc2)ccc1=O. The largest absolute Gasteiger partial charge is 0.372 e. The maximum absolute atomic E-state index is 12.7. The predicted molar refractivity (Wildman–Crippen MR) is 112 cm³/mol. The first-order chi connectivity index (χ1) is 13.6. The molecule has 0 spiro atoms. The number of anilines is 1. The lowest BCUT2D eigenvalue weighted by molar-refractivity contribution is 0.0776. The monoisotopic (exact) mass is 382 g/mol. The highest BCUT2D eigenvalue weighted by Gasteiger charge is 2.16. The number of hydrogen-bond donors (Lipinski definition) is 0. The molecule has 0 aliphatic carbocycles. The van der Waals surface area contributed by atoms with Gasteiger partial charge in [0.15, 0.2) is 0 Å². The molecule has 1 fully saturated rings. The number of unbranched alkanes of at least 4 members (excludes halogenated alkanes) is 1. The number of hydrogen-bond acceptors (Lipinski definition) is 4. The smallest absolute Gasteiger partial charge is 0.274 e. The van der Waals surface area contributed by atoms with Crippen molar-refractivity contribution in [3.8, 4) is 0 Å². The normalized spacial score (nSPS) is 14.1. The van der Waals surface area contributed by atoms with Gasteiger partial charge in [-0.1, -0.05) is 25.5 Å². The van der Waals surface area contributed by atoms with E-state index < -0.39 is 0 Å². The molecule has 6 heteroatoms. The summed E-state index contributed by atoms with van der Waals surface area (Å²) in [6.07, 6.45) is 5.67. The molecule has 28 heavy (non-hydrogen) atoms. The van der Waals surface area contributed by atoms with Crippen LogP contribution in [0.4, 0.5) is 5.69 Å². The Hall–Kier alpha value is -2.63. The Morgan fingerprint density at radius 2 is 1.79 bits per heavy atom. The average Bonchev–Trinajstić information content (AvgIpc) is 2.74. The summed E-state index contributed by atoms with van der Waals surface area (Å²) in [5.74, 6) is -0.176. The van der Waals surface area contributed by atoms with Crippen molar-refractivity contribution < 1.29 is 4.79 Å². The van der Waals surface area contributed by atoms with E-state index in [1.165, 1.54) is 41.8 Å². The quantitative estimate of drug-likeness (QED) is 0.737. The van der Waals surface area contributed by atoms with Crippen molar-refractivity contribution in [1.82, 2.24) is 14.7 Å². The number of carbonyl (C=O) groups is 1. The molecular formula is C22H30N4O2. The van der Waals surface area contributed by atoms with Crippen LogP contribution < -0.4 is 10.5 Å². The van der Waals surface area contributed by atoms with Crippen molar-refractivity contribution in [3.05, 3.63) is 58.0 Å². The third-order valence-corrected chi connectivity index (χ3v) is 5.23. The van der Waals surface area contributed by atoms with Crippen LogP contribution in [0.1, 0.15) is 55.1 Å². The molecule has 6 nitrogen and oxygen atoms in total. The van der Waals surface area contributed by atoms with Gasteiger partial charge in [-0.25, -0.2) is 4.68 Å². The molecule has 1 aromatic heterocycles. The van der Waals surface area contributed by atoms with E-state index in [9.17, 15) is 9.59 Å². The topological polar surface area (TPSA) is 58.4 Å². The van der Waals surface area contributed by atoms with E-state index in [1.54, 1.807) is 11.9 Å². The maximum Gasteiger partial charge on any atom is 0.274 e. The third-order valence-electron chi connectivity index (χ3n) is 5.23. The van der Waals surface area contributed by atoms with E-state index in [1.807, 2.05) is 0 Å². The molecule has 1 aliphatic rings. The van der Waals surface area contributed by atoms with Crippen LogP contribution >= 0.6 is 0 Å². The van der Waals surface area contributed by atoms with Gasteiger partial charge in [0, 0.05) is 45.0 Å². The van der Waals surface area contributed by atoms with Crippen LogP contribution in [0.25, 0.3) is 0 Å². The molecule has 0 unspecified atom stereocenters. The molecule has 1 aliphatic heterocycles. The highest BCUT2D eigenvalue weighted by Crippen LogP contribution is 2.20. The minimum Gasteiger partial charge on any atom is -0.372 e. The van der Waals surface area contributed by atoms with Crippen LogP contribution in [-0.4, -0.2) is 40.7 Å². The van der Waals surface area contributed by atoms with Crippen molar-refractivity contribution in [2.75, 3.05) is 25.0 Å². The van der Waals surface area contributed by atoms with Crippen molar-refractivity contribution in [2.45, 2.75) is 52.1 Å². The van der Waals surface area contributed by atoms with E-state index in [-0.39, 0.29) is 11.5 Å². The van der Waals surface area contributed by atoms with Crippen LogP contribution in [0.5, 0.6) is 0 Å². The van der Waals surface area contributed by atoms with Crippen LogP contribution in [-0.2, 0) is 13.1 Å². The number of carbonyl (C=O) groups excluding carboxylic acids is 1. The highest BCUT2D eigenvalue weighted by atomic mass is 16.2. The summed E-state index contributed by atoms with van der Waals surface area (Å²) in [6.45, 7) is 5.35. The maximum atomic E-state index is 12.7. The number of aromatic nitrogens is 2. The number of benzene rings is 1. The summed E-state index contributed by atoms with van der Waals surface area (Å²) in [6, 6.07) is 11.4. The Labute approximate surface area is 166 Å². The highest BCUT2D eigenvalue weighted by molar-refractivity contribution is 5.91. The zero-order valence-corrected chi connectivity index (χ0v) is 16.9. The van der Waals surface area contributed by atoms with E-state index in [0.29, 0.717) is 18.8 Å². The molecule has 2 heterocycles. The molecule has 1 saturated heterocycles.